The molecule has 0 fully saturated rings. The molecular formula is C17H17BrN4OS. The van der Waals surface area contributed by atoms with E-state index in [1.165, 1.54) is 19.8 Å². The Morgan fingerprint density at radius 1 is 1.12 bits per heavy atom. The molecular weight excluding hydrogens is 388 g/mol. The average Bonchev–Trinajstić information content (AvgIpc) is 2.87. The van der Waals surface area contributed by atoms with E-state index in [0.29, 0.717) is 0 Å². The van der Waals surface area contributed by atoms with Crippen molar-refractivity contribution in [2.24, 2.45) is 7.05 Å². The number of aryl methyl sites for hydroxylation is 3. The Labute approximate surface area is 152 Å². The van der Waals surface area contributed by atoms with Gasteiger partial charge in [0.25, 0.3) is 0 Å². The van der Waals surface area contributed by atoms with Crippen molar-refractivity contribution >= 4 is 27.7 Å². The van der Waals surface area contributed by atoms with E-state index in [2.05, 4.69) is 58.4 Å². The van der Waals surface area contributed by atoms with Gasteiger partial charge in [0.15, 0.2) is 0 Å². The van der Waals surface area contributed by atoms with Crippen molar-refractivity contribution < 1.29 is 0 Å². The van der Waals surface area contributed by atoms with Gasteiger partial charge in [-0.3, -0.25) is 0 Å². The number of hydrogen-bond donors (Lipinski definition) is 0. The van der Waals surface area contributed by atoms with Crippen molar-refractivity contribution in [3.63, 3.8) is 0 Å². The number of thioether (sulfide) groups is 1. The van der Waals surface area contributed by atoms with Gasteiger partial charge in [-0.05, 0) is 65.2 Å². The summed E-state index contributed by atoms with van der Waals surface area (Å²) in [5.41, 5.74) is 3.99. The molecule has 0 aliphatic carbocycles. The zero-order valence-electron chi connectivity index (χ0n) is 13.7. The van der Waals surface area contributed by atoms with E-state index < -0.39 is 0 Å². The molecule has 0 radical (unpaired) electrons. The predicted molar refractivity (Wildman–Crippen MR) is 99.8 cm³/mol. The minimum Gasteiger partial charge on any atom is -0.244 e. The van der Waals surface area contributed by atoms with Gasteiger partial charge in [-0.1, -0.05) is 28.1 Å². The number of nitrogens with zero attached hydrogens (tertiary/aromatic N) is 4. The summed E-state index contributed by atoms with van der Waals surface area (Å²) in [5.74, 6) is 0.757. The number of tetrazole rings is 1. The highest BCUT2D eigenvalue weighted by molar-refractivity contribution is 9.10. The van der Waals surface area contributed by atoms with E-state index in [1.807, 2.05) is 18.2 Å². The van der Waals surface area contributed by atoms with Crippen LogP contribution < -0.4 is 5.69 Å². The predicted octanol–water partition coefficient (Wildman–Crippen LogP) is 3.64. The van der Waals surface area contributed by atoms with Crippen molar-refractivity contribution in [1.82, 2.24) is 19.8 Å². The van der Waals surface area contributed by atoms with Crippen LogP contribution in [0.5, 0.6) is 0 Å². The van der Waals surface area contributed by atoms with Crippen molar-refractivity contribution in [3.8, 4) is 5.69 Å². The number of aromatic nitrogens is 4. The van der Waals surface area contributed by atoms with Crippen LogP contribution in [0.15, 0.2) is 50.6 Å². The summed E-state index contributed by atoms with van der Waals surface area (Å²) < 4.78 is 3.67. The monoisotopic (exact) mass is 404 g/mol. The van der Waals surface area contributed by atoms with Crippen LogP contribution in [0.4, 0.5) is 0 Å². The minimum atomic E-state index is -0.244. The number of benzene rings is 2. The number of rotatable bonds is 4. The molecule has 0 saturated heterocycles. The molecule has 24 heavy (non-hydrogen) atoms. The van der Waals surface area contributed by atoms with Gasteiger partial charge < -0.3 is 0 Å². The summed E-state index contributed by atoms with van der Waals surface area (Å²) in [6.07, 6.45) is 0. The van der Waals surface area contributed by atoms with Crippen molar-refractivity contribution in [2.45, 2.75) is 24.5 Å². The second kappa shape index (κ2) is 6.94. The van der Waals surface area contributed by atoms with Gasteiger partial charge in [-0.25, -0.2) is 4.79 Å². The zero-order valence-corrected chi connectivity index (χ0v) is 16.1. The summed E-state index contributed by atoms with van der Waals surface area (Å²) in [6, 6.07) is 12.2. The van der Waals surface area contributed by atoms with Crippen molar-refractivity contribution in [2.75, 3.05) is 0 Å². The lowest BCUT2D eigenvalue weighted by Crippen LogP contribution is -2.23. The van der Waals surface area contributed by atoms with Crippen LogP contribution in [-0.2, 0) is 12.8 Å². The number of halogens is 1. The maximum atomic E-state index is 12.2. The summed E-state index contributed by atoms with van der Waals surface area (Å²) in [6.45, 7) is 4.15. The molecule has 1 heterocycles. The molecule has 3 rings (SSSR count). The molecule has 124 valence electrons. The van der Waals surface area contributed by atoms with Crippen LogP contribution in [0.2, 0.25) is 0 Å². The van der Waals surface area contributed by atoms with Crippen LogP contribution in [0.1, 0.15) is 16.7 Å². The third-order valence-electron chi connectivity index (χ3n) is 3.84. The van der Waals surface area contributed by atoms with Gasteiger partial charge in [-0.15, -0.1) is 11.8 Å². The van der Waals surface area contributed by atoms with E-state index >= 15 is 0 Å². The summed E-state index contributed by atoms with van der Waals surface area (Å²) in [4.78, 5) is 13.4. The third-order valence-corrected chi connectivity index (χ3v) is 5.54. The van der Waals surface area contributed by atoms with Crippen LogP contribution in [0.25, 0.3) is 5.69 Å². The zero-order chi connectivity index (χ0) is 17.3. The number of hydrogen-bond acceptors (Lipinski definition) is 4. The van der Waals surface area contributed by atoms with Gasteiger partial charge >= 0.3 is 5.69 Å². The van der Waals surface area contributed by atoms with Crippen LogP contribution in [-0.4, -0.2) is 19.8 Å². The Hall–Kier alpha value is -1.86. The fourth-order valence-corrected chi connectivity index (χ4v) is 4.06. The first-order chi connectivity index (χ1) is 11.5. The Morgan fingerprint density at radius 3 is 2.58 bits per heavy atom. The van der Waals surface area contributed by atoms with E-state index in [-0.39, 0.29) is 5.69 Å². The Kier molecular flexibility index (Phi) is 4.91. The van der Waals surface area contributed by atoms with Gasteiger partial charge in [0.1, 0.15) is 0 Å². The van der Waals surface area contributed by atoms with E-state index in [9.17, 15) is 4.79 Å². The van der Waals surface area contributed by atoms with Crippen LogP contribution >= 0.6 is 27.7 Å². The van der Waals surface area contributed by atoms with Gasteiger partial charge in [0.05, 0.1) is 5.69 Å². The largest absolute Gasteiger partial charge is 0.368 e. The summed E-state index contributed by atoms with van der Waals surface area (Å²) in [7, 11) is 1.60. The van der Waals surface area contributed by atoms with E-state index in [4.69, 9.17) is 0 Å². The first kappa shape index (κ1) is 17.0. The smallest absolute Gasteiger partial charge is 0.244 e. The molecule has 1 aromatic heterocycles. The Morgan fingerprint density at radius 2 is 1.92 bits per heavy atom. The summed E-state index contributed by atoms with van der Waals surface area (Å²) in [5, 5.41) is 7.78. The highest BCUT2D eigenvalue weighted by Gasteiger charge is 2.13. The molecule has 7 heteroatoms. The first-order valence-corrected chi connectivity index (χ1v) is 9.22. The molecule has 2 aromatic carbocycles. The lowest BCUT2D eigenvalue weighted by molar-refractivity contribution is 0.692. The average molecular weight is 405 g/mol. The first-order valence-electron chi connectivity index (χ1n) is 7.44. The second-order valence-electron chi connectivity index (χ2n) is 5.57. The van der Waals surface area contributed by atoms with Gasteiger partial charge in [0.2, 0.25) is 0 Å². The SMILES string of the molecule is Cc1cc(Br)ccc1SCc1c(C)cccc1-n1nnn(C)c1=O. The standard InChI is InChI=1S/C17H17BrN4OS/c1-11-5-4-6-15(22-17(23)21(3)19-20-22)14(11)10-24-16-8-7-13(18)9-12(16)2/h4-9H,10H2,1-3H3. The molecule has 0 unspecified atom stereocenters. The normalized spacial score (nSPS) is 11.0. The molecule has 0 spiro atoms. The van der Waals surface area contributed by atoms with Gasteiger partial charge in [-0.2, -0.15) is 9.36 Å². The molecule has 0 N–H and O–H groups in total. The highest BCUT2D eigenvalue weighted by atomic mass is 79.9. The fraction of sp³-hybridized carbons (Fsp3) is 0.235. The summed E-state index contributed by atoms with van der Waals surface area (Å²) >= 11 is 5.24. The quantitative estimate of drug-likeness (QED) is 0.622. The van der Waals surface area contributed by atoms with E-state index in [0.717, 1.165) is 27.0 Å². The third kappa shape index (κ3) is 3.32. The molecule has 0 aliphatic rings. The molecule has 0 saturated carbocycles. The fourth-order valence-electron chi connectivity index (χ4n) is 2.46. The lowest BCUT2D eigenvalue weighted by Gasteiger charge is -2.12. The van der Waals surface area contributed by atoms with Gasteiger partial charge in [0, 0.05) is 22.2 Å². The van der Waals surface area contributed by atoms with Crippen molar-refractivity contribution in [1.29, 1.82) is 0 Å². The van der Waals surface area contributed by atoms with Crippen LogP contribution in [0, 0.1) is 13.8 Å². The molecule has 0 bridgehead atoms. The van der Waals surface area contributed by atoms with Crippen molar-refractivity contribution in [3.05, 3.63) is 68.0 Å². The maximum Gasteiger partial charge on any atom is 0.368 e. The Bertz CT molecular complexity index is 948. The Balaban J connectivity index is 1.96. The van der Waals surface area contributed by atoms with Crippen LogP contribution in [0.3, 0.4) is 0 Å². The topological polar surface area (TPSA) is 52.7 Å². The maximum absolute atomic E-state index is 12.2. The molecule has 0 atom stereocenters. The molecule has 3 aromatic rings. The lowest BCUT2D eigenvalue weighted by atomic mass is 10.1. The highest BCUT2D eigenvalue weighted by Crippen LogP contribution is 2.31. The minimum absolute atomic E-state index is 0.244. The van der Waals surface area contributed by atoms with E-state index in [1.54, 1.807) is 18.8 Å². The molecule has 5 nitrogen and oxygen atoms in total. The molecule has 0 amide bonds. The molecule has 0 aliphatic heterocycles. The second-order valence-corrected chi connectivity index (χ2v) is 7.50.